The molecule has 4 amide bonds. The van der Waals surface area contributed by atoms with Crippen LogP contribution in [0.15, 0.2) is 115 Å². The number of hydrogen-bond donors (Lipinski definition) is 0. The van der Waals surface area contributed by atoms with Gasteiger partial charge in [0.05, 0.1) is 18.6 Å². The van der Waals surface area contributed by atoms with Gasteiger partial charge >= 0.3 is 0 Å². The van der Waals surface area contributed by atoms with Gasteiger partial charge in [-0.2, -0.15) is 0 Å². The number of amides is 4. The van der Waals surface area contributed by atoms with Crippen molar-refractivity contribution in [2.24, 2.45) is 10.8 Å². The molecule has 0 aromatic heterocycles. The normalized spacial score (nSPS) is 28.4. The van der Waals surface area contributed by atoms with Gasteiger partial charge in [-0.05, 0) is 16.7 Å². The average Bonchev–Trinajstić information content (AvgIpc) is 3.13. The minimum atomic E-state index is -1.99. The van der Waals surface area contributed by atoms with Gasteiger partial charge in [0.25, 0.3) is 11.8 Å². The van der Waals surface area contributed by atoms with Crippen LogP contribution in [-0.4, -0.2) is 50.4 Å². The standard InChI is InChI=1S/C33H27N3O4/c37-28-32-18-16-26(34(28)20-23-10-4-1-5-11-23)27-17-19-33(32,29(38)35(27)21-24-12-6-2-7-13-24)31(40)36(30(32)39)22-25-14-8-3-9-15-25/h1-19,26-27H,20-22H2/t26-,27-,32-,33-/m0/s1. The lowest BCUT2D eigenvalue weighted by molar-refractivity contribution is -0.171. The summed E-state index contributed by atoms with van der Waals surface area (Å²) < 4.78 is 0. The summed E-state index contributed by atoms with van der Waals surface area (Å²) in [7, 11) is 0. The Kier molecular flexibility index (Phi) is 5.39. The summed E-state index contributed by atoms with van der Waals surface area (Å²) in [5.74, 6) is -2.31. The monoisotopic (exact) mass is 529 g/mol. The van der Waals surface area contributed by atoms with Crippen molar-refractivity contribution in [1.82, 2.24) is 14.7 Å². The van der Waals surface area contributed by atoms with E-state index in [0.717, 1.165) is 21.6 Å². The Morgan fingerprint density at radius 1 is 0.475 bits per heavy atom. The highest BCUT2D eigenvalue weighted by Gasteiger charge is 2.79. The molecular formula is C33H27N3O4. The largest absolute Gasteiger partial charge is 0.328 e. The van der Waals surface area contributed by atoms with Crippen molar-refractivity contribution in [2.45, 2.75) is 31.7 Å². The van der Waals surface area contributed by atoms with E-state index in [2.05, 4.69) is 0 Å². The Bertz CT molecular complexity index is 1490. The molecule has 10 rings (SSSR count). The number of likely N-dealkylation sites (tertiary alicyclic amines) is 1. The number of benzene rings is 3. The maximum Gasteiger partial charge on any atom is 0.251 e. The van der Waals surface area contributed by atoms with Crippen LogP contribution in [0.3, 0.4) is 0 Å². The van der Waals surface area contributed by atoms with Crippen LogP contribution < -0.4 is 0 Å². The molecule has 4 bridgehead atoms. The quantitative estimate of drug-likeness (QED) is 0.278. The third-order valence-electron chi connectivity index (χ3n) is 8.71. The highest BCUT2D eigenvalue weighted by Crippen LogP contribution is 2.58. The number of imide groups is 1. The summed E-state index contributed by atoms with van der Waals surface area (Å²) in [6.45, 7) is 0.489. The molecule has 6 heterocycles. The van der Waals surface area contributed by atoms with E-state index in [-0.39, 0.29) is 19.6 Å². The first-order valence-corrected chi connectivity index (χ1v) is 13.5. The molecule has 3 aromatic rings. The molecule has 6 aliphatic heterocycles. The molecule has 198 valence electrons. The Balaban J connectivity index is 1.41. The molecule has 2 fully saturated rings. The predicted octanol–water partition coefficient (Wildman–Crippen LogP) is 3.48. The lowest BCUT2D eigenvalue weighted by Gasteiger charge is -2.54. The van der Waals surface area contributed by atoms with Crippen molar-refractivity contribution >= 4 is 23.6 Å². The Hall–Kier alpha value is -4.78. The Labute approximate surface area is 232 Å². The zero-order valence-electron chi connectivity index (χ0n) is 21.7. The molecular weight excluding hydrogens is 502 g/mol. The van der Waals surface area contributed by atoms with Gasteiger partial charge < -0.3 is 9.80 Å². The SMILES string of the molecule is O=C1N(Cc2ccccc2)C(=O)[C@@]23C=C[C@@H]([C@@H]4C=C[C@]12C(=O)N4Cc1ccccc1)N(Cc1ccccc1)C3=O. The second kappa shape index (κ2) is 8.88. The number of hydrogen-bond acceptors (Lipinski definition) is 4. The predicted molar refractivity (Wildman–Crippen MR) is 147 cm³/mol. The van der Waals surface area contributed by atoms with Gasteiger partial charge in [0.15, 0.2) is 10.8 Å². The molecule has 7 aliphatic rings. The second-order valence-electron chi connectivity index (χ2n) is 10.8. The lowest BCUT2D eigenvalue weighted by Crippen LogP contribution is -2.71. The van der Waals surface area contributed by atoms with Crippen molar-refractivity contribution in [2.75, 3.05) is 0 Å². The Morgan fingerprint density at radius 2 is 0.825 bits per heavy atom. The molecule has 7 nitrogen and oxygen atoms in total. The van der Waals surface area contributed by atoms with Crippen LogP contribution in [-0.2, 0) is 38.8 Å². The van der Waals surface area contributed by atoms with Gasteiger partial charge in [-0.25, -0.2) is 0 Å². The molecule has 2 saturated heterocycles. The van der Waals surface area contributed by atoms with Gasteiger partial charge in [0.2, 0.25) is 11.8 Å². The first-order valence-electron chi connectivity index (χ1n) is 13.5. The van der Waals surface area contributed by atoms with Crippen LogP contribution in [0, 0.1) is 10.8 Å². The fourth-order valence-electron chi connectivity index (χ4n) is 6.76. The van der Waals surface area contributed by atoms with E-state index in [9.17, 15) is 19.2 Å². The van der Waals surface area contributed by atoms with Crippen LogP contribution in [0.4, 0.5) is 0 Å². The minimum Gasteiger partial charge on any atom is -0.328 e. The van der Waals surface area contributed by atoms with Crippen molar-refractivity contribution in [3.63, 3.8) is 0 Å². The second-order valence-corrected chi connectivity index (χ2v) is 10.8. The van der Waals surface area contributed by atoms with E-state index in [1.54, 1.807) is 22.0 Å². The van der Waals surface area contributed by atoms with Gasteiger partial charge in [-0.1, -0.05) is 115 Å². The van der Waals surface area contributed by atoms with Crippen molar-refractivity contribution in [3.05, 3.63) is 132 Å². The number of nitrogens with zero attached hydrogens (tertiary/aromatic N) is 3. The van der Waals surface area contributed by atoms with Gasteiger partial charge in [-0.3, -0.25) is 24.1 Å². The van der Waals surface area contributed by atoms with Gasteiger partial charge in [0.1, 0.15) is 0 Å². The summed E-state index contributed by atoms with van der Waals surface area (Å²) in [4.78, 5) is 62.4. The maximum absolute atomic E-state index is 14.6. The minimum absolute atomic E-state index is 0.0194. The highest BCUT2D eigenvalue weighted by molar-refractivity contribution is 6.30. The highest BCUT2D eigenvalue weighted by atomic mass is 16.2. The van der Waals surface area contributed by atoms with Crippen molar-refractivity contribution in [1.29, 1.82) is 0 Å². The van der Waals surface area contributed by atoms with Crippen LogP contribution >= 0.6 is 0 Å². The molecule has 0 N–H and O–H groups in total. The van der Waals surface area contributed by atoms with E-state index in [0.29, 0.717) is 0 Å². The zero-order valence-corrected chi connectivity index (χ0v) is 21.7. The molecule has 0 unspecified atom stereocenters. The molecule has 1 aliphatic carbocycles. The fraction of sp³-hybridized carbons (Fsp3) is 0.212. The smallest absolute Gasteiger partial charge is 0.251 e. The molecule has 7 heteroatoms. The Morgan fingerprint density at radius 3 is 1.20 bits per heavy atom. The average molecular weight is 530 g/mol. The summed E-state index contributed by atoms with van der Waals surface area (Å²) in [6, 6.07) is 27.3. The summed E-state index contributed by atoms with van der Waals surface area (Å²) in [5, 5.41) is 0. The lowest BCUT2D eigenvalue weighted by atomic mass is 9.58. The van der Waals surface area contributed by atoms with Crippen LogP contribution in [0.5, 0.6) is 0 Å². The van der Waals surface area contributed by atoms with Gasteiger partial charge in [0, 0.05) is 13.1 Å². The fourth-order valence-corrected chi connectivity index (χ4v) is 6.76. The third kappa shape index (κ3) is 3.18. The first-order chi connectivity index (χ1) is 19.5. The van der Waals surface area contributed by atoms with E-state index >= 15 is 0 Å². The summed E-state index contributed by atoms with van der Waals surface area (Å²) >= 11 is 0. The molecule has 4 atom stereocenters. The summed E-state index contributed by atoms with van der Waals surface area (Å²) in [5.41, 5.74) is -1.43. The van der Waals surface area contributed by atoms with E-state index in [1.165, 1.54) is 0 Å². The van der Waals surface area contributed by atoms with E-state index in [1.807, 2.05) is 103 Å². The van der Waals surface area contributed by atoms with E-state index in [4.69, 9.17) is 0 Å². The number of rotatable bonds is 6. The van der Waals surface area contributed by atoms with E-state index < -0.39 is 46.5 Å². The molecule has 0 saturated carbocycles. The third-order valence-corrected chi connectivity index (χ3v) is 8.71. The molecule has 40 heavy (non-hydrogen) atoms. The van der Waals surface area contributed by atoms with Crippen molar-refractivity contribution in [3.8, 4) is 0 Å². The topological polar surface area (TPSA) is 78.0 Å². The molecule has 2 spiro atoms. The van der Waals surface area contributed by atoms with Gasteiger partial charge in [-0.15, -0.1) is 0 Å². The maximum atomic E-state index is 14.6. The van der Waals surface area contributed by atoms with Crippen molar-refractivity contribution < 1.29 is 19.2 Å². The first kappa shape index (κ1) is 24.3. The van der Waals surface area contributed by atoms with Crippen LogP contribution in [0.2, 0.25) is 0 Å². The van der Waals surface area contributed by atoms with Crippen LogP contribution in [0.1, 0.15) is 16.7 Å². The molecule has 3 aromatic carbocycles. The molecule has 0 radical (unpaired) electrons. The zero-order chi connectivity index (χ0) is 27.5. The van der Waals surface area contributed by atoms with Crippen LogP contribution in [0.25, 0.3) is 0 Å². The number of carbonyl (C=O) groups is 4. The number of carbonyl (C=O) groups excluding carboxylic acids is 4. The summed E-state index contributed by atoms with van der Waals surface area (Å²) in [6.07, 6.45) is 6.83.